The third kappa shape index (κ3) is 4.41. The number of rotatable bonds is 5. The van der Waals surface area contributed by atoms with Gasteiger partial charge in [0.1, 0.15) is 6.04 Å². The van der Waals surface area contributed by atoms with Crippen molar-refractivity contribution in [2.24, 2.45) is 5.73 Å². The van der Waals surface area contributed by atoms with Crippen molar-refractivity contribution in [2.45, 2.75) is 6.04 Å². The van der Waals surface area contributed by atoms with Gasteiger partial charge in [-0.25, -0.2) is 9.59 Å². The second-order valence-corrected chi connectivity index (χ2v) is 4.19. The average Bonchev–Trinajstić information content (AvgIpc) is 2.38. The van der Waals surface area contributed by atoms with Crippen LogP contribution in [0.1, 0.15) is 10.4 Å². The monoisotopic (exact) mass is 301 g/mol. The van der Waals surface area contributed by atoms with Crippen LogP contribution < -0.4 is 16.4 Å². The predicted octanol–water partition coefficient (Wildman–Crippen LogP) is 0.572. The number of urea groups is 1. The Kier molecular flexibility index (Phi) is 5.30. The van der Waals surface area contributed by atoms with Gasteiger partial charge in [-0.2, -0.15) is 0 Å². The molecule has 1 aromatic carbocycles. The van der Waals surface area contributed by atoms with E-state index in [1.807, 2.05) is 0 Å². The van der Waals surface area contributed by atoms with Crippen molar-refractivity contribution in [3.05, 3.63) is 28.8 Å². The summed E-state index contributed by atoms with van der Waals surface area (Å²) in [5, 5.41) is 22.0. The van der Waals surface area contributed by atoms with Crippen molar-refractivity contribution < 1.29 is 24.6 Å². The maximum Gasteiger partial charge on any atom is 0.335 e. The summed E-state index contributed by atoms with van der Waals surface area (Å²) < 4.78 is 0. The third-order valence-electron chi connectivity index (χ3n) is 2.26. The second-order valence-electron chi connectivity index (χ2n) is 3.78. The van der Waals surface area contributed by atoms with Crippen molar-refractivity contribution in [1.82, 2.24) is 5.32 Å². The fourth-order valence-corrected chi connectivity index (χ4v) is 1.38. The lowest BCUT2D eigenvalue weighted by atomic mass is 10.2. The number of halogens is 1. The summed E-state index contributed by atoms with van der Waals surface area (Å²) in [6.45, 7) is -0.280. The molecule has 0 heterocycles. The molecule has 0 radical (unpaired) electrons. The lowest BCUT2D eigenvalue weighted by Gasteiger charge is -2.11. The smallest absolute Gasteiger partial charge is 0.335 e. The average molecular weight is 302 g/mol. The molecule has 0 unspecified atom stereocenters. The minimum Gasteiger partial charge on any atom is -0.480 e. The molecule has 9 heteroatoms. The SMILES string of the molecule is N[C@@H](CNC(=O)Nc1cc(C(=O)O)ccc1Cl)C(=O)O. The summed E-state index contributed by atoms with van der Waals surface area (Å²) in [6.07, 6.45) is 0. The Balaban J connectivity index is 2.68. The fourth-order valence-electron chi connectivity index (χ4n) is 1.21. The van der Waals surface area contributed by atoms with Gasteiger partial charge in [0.2, 0.25) is 0 Å². The van der Waals surface area contributed by atoms with E-state index in [4.69, 9.17) is 27.5 Å². The second kappa shape index (κ2) is 6.73. The molecule has 0 fully saturated rings. The van der Waals surface area contributed by atoms with Gasteiger partial charge >= 0.3 is 18.0 Å². The molecule has 1 aromatic rings. The molecule has 1 atom stereocenters. The van der Waals surface area contributed by atoms with Gasteiger partial charge in [-0.3, -0.25) is 4.79 Å². The molecule has 1 rings (SSSR count). The number of benzene rings is 1. The quantitative estimate of drug-likeness (QED) is 0.538. The number of hydrogen-bond acceptors (Lipinski definition) is 4. The van der Waals surface area contributed by atoms with Gasteiger partial charge in [0.15, 0.2) is 0 Å². The molecule has 6 N–H and O–H groups in total. The zero-order valence-corrected chi connectivity index (χ0v) is 10.8. The van der Waals surface area contributed by atoms with E-state index in [-0.39, 0.29) is 22.8 Å². The van der Waals surface area contributed by atoms with E-state index in [9.17, 15) is 14.4 Å². The maximum absolute atomic E-state index is 11.5. The Morgan fingerprint density at radius 3 is 2.50 bits per heavy atom. The number of anilines is 1. The summed E-state index contributed by atoms with van der Waals surface area (Å²) in [6, 6.07) is 1.81. The molecule has 20 heavy (non-hydrogen) atoms. The first-order valence-electron chi connectivity index (χ1n) is 5.37. The summed E-state index contributed by atoms with van der Waals surface area (Å²) in [5.74, 6) is -2.42. The molecule has 0 aromatic heterocycles. The lowest BCUT2D eigenvalue weighted by molar-refractivity contribution is -0.138. The van der Waals surface area contributed by atoms with Crippen LogP contribution in [0.3, 0.4) is 0 Å². The van der Waals surface area contributed by atoms with Crippen LogP contribution in [0.5, 0.6) is 0 Å². The molecule has 0 saturated heterocycles. The van der Waals surface area contributed by atoms with Crippen molar-refractivity contribution in [1.29, 1.82) is 0 Å². The highest BCUT2D eigenvalue weighted by atomic mass is 35.5. The minimum absolute atomic E-state index is 0.0491. The van der Waals surface area contributed by atoms with Gasteiger partial charge in [0, 0.05) is 6.54 Å². The van der Waals surface area contributed by atoms with E-state index in [0.717, 1.165) is 0 Å². The van der Waals surface area contributed by atoms with Crippen molar-refractivity contribution >= 4 is 35.3 Å². The van der Waals surface area contributed by atoms with Crippen LogP contribution in [-0.4, -0.2) is 40.8 Å². The van der Waals surface area contributed by atoms with Crippen LogP contribution in [0.2, 0.25) is 5.02 Å². The van der Waals surface area contributed by atoms with Crippen LogP contribution in [0.25, 0.3) is 0 Å². The van der Waals surface area contributed by atoms with Crippen molar-refractivity contribution in [2.75, 3.05) is 11.9 Å². The number of nitrogens with two attached hydrogens (primary N) is 1. The van der Waals surface area contributed by atoms with Crippen LogP contribution in [0, 0.1) is 0 Å². The minimum atomic E-state index is -1.25. The first-order valence-corrected chi connectivity index (χ1v) is 5.75. The summed E-state index contributed by atoms with van der Waals surface area (Å²) >= 11 is 5.80. The van der Waals surface area contributed by atoms with E-state index >= 15 is 0 Å². The Bertz CT molecular complexity index is 549. The number of hydrogen-bond donors (Lipinski definition) is 5. The van der Waals surface area contributed by atoms with Gasteiger partial charge in [-0.05, 0) is 18.2 Å². The highest BCUT2D eigenvalue weighted by Crippen LogP contribution is 2.22. The third-order valence-corrected chi connectivity index (χ3v) is 2.59. The number of carboxylic acid groups (broad SMARTS) is 2. The maximum atomic E-state index is 11.5. The largest absolute Gasteiger partial charge is 0.480 e. The molecule has 0 aliphatic heterocycles. The molecule has 0 aliphatic carbocycles. The van der Waals surface area contributed by atoms with Gasteiger partial charge in [-0.15, -0.1) is 0 Å². The Morgan fingerprint density at radius 1 is 1.30 bits per heavy atom. The predicted molar refractivity (Wildman–Crippen MR) is 71.0 cm³/mol. The van der Waals surface area contributed by atoms with Crippen LogP contribution in [0.15, 0.2) is 18.2 Å². The van der Waals surface area contributed by atoms with Crippen LogP contribution >= 0.6 is 11.6 Å². The molecular formula is C11H12ClN3O5. The zero-order valence-electron chi connectivity index (χ0n) is 10.1. The van der Waals surface area contributed by atoms with Crippen molar-refractivity contribution in [3.63, 3.8) is 0 Å². The van der Waals surface area contributed by atoms with Crippen molar-refractivity contribution in [3.8, 4) is 0 Å². The number of aliphatic carboxylic acids is 1. The van der Waals surface area contributed by atoms with Crippen LogP contribution in [-0.2, 0) is 4.79 Å². The van der Waals surface area contributed by atoms with E-state index in [2.05, 4.69) is 10.6 Å². The Labute approximate surface area is 118 Å². The van der Waals surface area contributed by atoms with Crippen LogP contribution in [0.4, 0.5) is 10.5 Å². The number of carboxylic acids is 2. The molecule has 0 bridgehead atoms. The Hall–Kier alpha value is -2.32. The number of nitrogens with one attached hydrogen (secondary N) is 2. The van der Waals surface area contributed by atoms with E-state index in [1.54, 1.807) is 0 Å². The first kappa shape index (κ1) is 15.7. The van der Waals surface area contributed by atoms with E-state index in [0.29, 0.717) is 0 Å². The number of carbonyl (C=O) groups excluding carboxylic acids is 1. The number of aromatic carboxylic acids is 1. The van der Waals surface area contributed by atoms with Gasteiger partial charge in [0.05, 0.1) is 16.3 Å². The van der Waals surface area contributed by atoms with Gasteiger partial charge in [-0.1, -0.05) is 11.6 Å². The van der Waals surface area contributed by atoms with E-state index < -0.39 is 24.0 Å². The Morgan fingerprint density at radius 2 is 1.95 bits per heavy atom. The highest BCUT2D eigenvalue weighted by molar-refractivity contribution is 6.33. The van der Waals surface area contributed by atoms with E-state index in [1.165, 1.54) is 18.2 Å². The number of amides is 2. The zero-order chi connectivity index (χ0) is 15.3. The molecule has 8 nitrogen and oxygen atoms in total. The number of carbonyl (C=O) groups is 3. The topological polar surface area (TPSA) is 142 Å². The normalized spacial score (nSPS) is 11.5. The lowest BCUT2D eigenvalue weighted by Crippen LogP contribution is -2.43. The molecule has 108 valence electrons. The summed E-state index contributed by atoms with van der Waals surface area (Å²) in [7, 11) is 0. The highest BCUT2D eigenvalue weighted by Gasteiger charge is 2.14. The summed E-state index contributed by atoms with van der Waals surface area (Å²) in [5.41, 5.74) is 5.25. The molecule has 2 amide bonds. The summed E-state index contributed by atoms with van der Waals surface area (Å²) in [4.78, 5) is 32.7. The molecular weight excluding hydrogens is 290 g/mol. The first-order chi connectivity index (χ1) is 9.31. The molecule has 0 aliphatic rings. The molecule has 0 spiro atoms. The van der Waals surface area contributed by atoms with Gasteiger partial charge in [0.25, 0.3) is 0 Å². The van der Waals surface area contributed by atoms with Gasteiger partial charge < -0.3 is 26.6 Å². The fraction of sp³-hybridized carbons (Fsp3) is 0.182. The standard InChI is InChI=1S/C11H12ClN3O5/c12-6-2-1-5(9(16)17)3-8(6)15-11(20)14-4-7(13)10(18)19/h1-3,7H,4,13H2,(H,16,17)(H,18,19)(H2,14,15,20)/t7-/m0/s1. The molecule has 0 saturated carbocycles.